The summed E-state index contributed by atoms with van der Waals surface area (Å²) in [4.78, 5) is 25.0. The molecule has 1 aromatic carbocycles. The molecule has 3 rings (SSSR count). The van der Waals surface area contributed by atoms with Gasteiger partial charge in [-0.05, 0) is 48.8 Å². The summed E-state index contributed by atoms with van der Waals surface area (Å²) < 4.78 is 12.7. The number of benzene rings is 1. The van der Waals surface area contributed by atoms with Crippen molar-refractivity contribution in [1.29, 1.82) is 0 Å². The zero-order valence-corrected chi connectivity index (χ0v) is 15.6. The van der Waals surface area contributed by atoms with Crippen molar-refractivity contribution >= 4 is 17.0 Å². The zero-order valence-electron chi connectivity index (χ0n) is 15.6. The number of likely N-dealkylation sites (tertiary alicyclic amines) is 1. The lowest BCUT2D eigenvalue weighted by Crippen LogP contribution is -2.44. The van der Waals surface area contributed by atoms with Gasteiger partial charge >= 0.3 is 6.09 Å². The van der Waals surface area contributed by atoms with E-state index in [9.17, 15) is 14.7 Å². The Morgan fingerprint density at radius 2 is 2.07 bits per heavy atom. The van der Waals surface area contributed by atoms with Gasteiger partial charge in [0.25, 0.3) is 5.56 Å². The Bertz CT molecular complexity index is 848. The molecule has 1 unspecified atom stereocenters. The van der Waals surface area contributed by atoms with Crippen LogP contribution in [0.25, 0.3) is 10.9 Å². The summed E-state index contributed by atoms with van der Waals surface area (Å²) in [5.41, 5.74) is 1.74. The molecule has 1 aliphatic heterocycles. The fourth-order valence-corrected chi connectivity index (χ4v) is 3.51. The second-order valence-corrected chi connectivity index (χ2v) is 6.80. The molecule has 0 aliphatic carbocycles. The minimum Gasteiger partial charge on any atom is -0.465 e. The molecule has 2 heterocycles. The van der Waals surface area contributed by atoms with Crippen LogP contribution < -0.4 is 5.56 Å². The van der Waals surface area contributed by atoms with Crippen LogP contribution in [-0.2, 0) is 22.6 Å². The molecule has 7 nitrogen and oxygen atoms in total. The van der Waals surface area contributed by atoms with Crippen molar-refractivity contribution < 1.29 is 19.4 Å². The number of aryl methyl sites for hydroxylation is 1. The number of fused-ring (bicyclic) bond motifs is 1. The number of methoxy groups -OCH3 is 1. The van der Waals surface area contributed by atoms with Crippen LogP contribution in [0.3, 0.4) is 0 Å². The van der Waals surface area contributed by atoms with Gasteiger partial charge < -0.3 is 19.1 Å². The minimum atomic E-state index is -0.940. The van der Waals surface area contributed by atoms with Crippen LogP contribution >= 0.6 is 0 Å². The summed E-state index contributed by atoms with van der Waals surface area (Å²) in [6.07, 6.45) is 1.95. The molecule has 27 heavy (non-hydrogen) atoms. The lowest BCUT2D eigenvalue weighted by Gasteiger charge is -2.33. The summed E-state index contributed by atoms with van der Waals surface area (Å²) in [6.45, 7) is 2.00. The van der Waals surface area contributed by atoms with Gasteiger partial charge in [0.1, 0.15) is 6.23 Å². The molecular formula is C20H26N2O5. The van der Waals surface area contributed by atoms with Gasteiger partial charge in [-0.1, -0.05) is 12.1 Å². The van der Waals surface area contributed by atoms with E-state index in [0.717, 1.165) is 35.7 Å². The van der Waals surface area contributed by atoms with Crippen LogP contribution in [0.4, 0.5) is 4.79 Å². The maximum Gasteiger partial charge on any atom is 0.409 e. The molecule has 0 saturated carbocycles. The minimum absolute atomic E-state index is 0.0407. The Balaban J connectivity index is 1.78. The average Bonchev–Trinajstić information content (AvgIpc) is 2.68. The molecule has 1 N–H and O–H groups in total. The highest BCUT2D eigenvalue weighted by Crippen LogP contribution is 2.21. The van der Waals surface area contributed by atoms with E-state index >= 15 is 0 Å². The third kappa shape index (κ3) is 4.67. The van der Waals surface area contributed by atoms with E-state index < -0.39 is 12.3 Å². The molecule has 7 heteroatoms. The molecule has 1 fully saturated rings. The number of aromatic nitrogens is 1. The van der Waals surface area contributed by atoms with Crippen molar-refractivity contribution in [3.05, 3.63) is 46.2 Å². The normalized spacial score (nSPS) is 17.4. The van der Waals surface area contributed by atoms with Gasteiger partial charge in [-0.2, -0.15) is 0 Å². The molecule has 1 aromatic heterocycles. The standard InChI is InChI=1S/C20H26N2O5/c1-26-12-4-11-21-17-13-15(6-7-16(17)8-9-18(21)23)14-27-19-5-2-3-10-22(19)20(24)25/h6-9,13,19H,2-5,10-12,14H2,1H3,(H,24,25). The van der Waals surface area contributed by atoms with Crippen molar-refractivity contribution in [3.63, 3.8) is 0 Å². The molecule has 146 valence electrons. The maximum atomic E-state index is 12.3. The van der Waals surface area contributed by atoms with Crippen molar-refractivity contribution in [1.82, 2.24) is 9.47 Å². The Morgan fingerprint density at radius 1 is 1.26 bits per heavy atom. The summed E-state index contributed by atoms with van der Waals surface area (Å²) in [6, 6.07) is 9.29. The monoisotopic (exact) mass is 374 g/mol. The van der Waals surface area contributed by atoms with E-state index in [2.05, 4.69) is 0 Å². The topological polar surface area (TPSA) is 81.0 Å². The largest absolute Gasteiger partial charge is 0.465 e. The number of piperidine rings is 1. The first-order valence-electron chi connectivity index (χ1n) is 9.33. The predicted molar refractivity (Wildman–Crippen MR) is 102 cm³/mol. The number of rotatable bonds is 7. The highest BCUT2D eigenvalue weighted by Gasteiger charge is 2.26. The maximum absolute atomic E-state index is 12.3. The molecule has 0 bridgehead atoms. The Morgan fingerprint density at radius 3 is 2.85 bits per heavy atom. The SMILES string of the molecule is COCCCn1c(=O)ccc2ccc(COC3CCCCN3C(=O)O)cc21. The molecule has 1 amide bonds. The fraction of sp³-hybridized carbons (Fsp3) is 0.500. The van der Waals surface area contributed by atoms with Gasteiger partial charge in [-0.3, -0.25) is 9.69 Å². The highest BCUT2D eigenvalue weighted by molar-refractivity contribution is 5.79. The second kappa shape index (κ2) is 9.01. The number of carbonyl (C=O) groups is 1. The summed E-state index contributed by atoms with van der Waals surface area (Å²) >= 11 is 0. The number of hydrogen-bond acceptors (Lipinski definition) is 4. The van der Waals surface area contributed by atoms with Gasteiger partial charge in [-0.25, -0.2) is 4.79 Å². The van der Waals surface area contributed by atoms with Gasteiger partial charge in [0.15, 0.2) is 0 Å². The molecule has 1 aliphatic rings. The Hall–Kier alpha value is -2.38. The van der Waals surface area contributed by atoms with E-state index in [4.69, 9.17) is 9.47 Å². The lowest BCUT2D eigenvalue weighted by atomic mass is 10.1. The molecule has 2 aromatic rings. The van der Waals surface area contributed by atoms with Crippen LogP contribution in [0.2, 0.25) is 0 Å². The quantitative estimate of drug-likeness (QED) is 0.754. The van der Waals surface area contributed by atoms with Crippen LogP contribution in [0, 0.1) is 0 Å². The first kappa shape index (κ1) is 19.4. The average molecular weight is 374 g/mol. The van der Waals surface area contributed by atoms with Crippen molar-refractivity contribution in [2.45, 2.75) is 45.1 Å². The molecule has 1 saturated heterocycles. The highest BCUT2D eigenvalue weighted by atomic mass is 16.5. The third-order valence-electron chi connectivity index (χ3n) is 4.92. The van der Waals surface area contributed by atoms with Crippen LogP contribution in [-0.4, -0.2) is 47.2 Å². The second-order valence-electron chi connectivity index (χ2n) is 6.80. The number of ether oxygens (including phenoxy) is 2. The first-order chi connectivity index (χ1) is 13.1. The van der Waals surface area contributed by atoms with Crippen LogP contribution in [0.5, 0.6) is 0 Å². The molecule has 1 atom stereocenters. The Labute approximate surface area is 158 Å². The van der Waals surface area contributed by atoms with Gasteiger partial charge in [0.05, 0.1) is 12.1 Å². The third-order valence-corrected chi connectivity index (χ3v) is 4.92. The molecule has 0 spiro atoms. The van der Waals surface area contributed by atoms with E-state index in [1.54, 1.807) is 17.7 Å². The van der Waals surface area contributed by atoms with Crippen molar-refractivity contribution in [2.24, 2.45) is 0 Å². The zero-order chi connectivity index (χ0) is 19.2. The van der Waals surface area contributed by atoms with E-state index in [-0.39, 0.29) is 5.56 Å². The number of hydrogen-bond donors (Lipinski definition) is 1. The predicted octanol–water partition coefficient (Wildman–Crippen LogP) is 3.04. The summed E-state index contributed by atoms with van der Waals surface area (Å²) in [7, 11) is 1.65. The molecular weight excluding hydrogens is 348 g/mol. The number of pyridine rings is 1. The lowest BCUT2D eigenvalue weighted by molar-refractivity contribution is -0.0745. The van der Waals surface area contributed by atoms with Gasteiger partial charge in [-0.15, -0.1) is 0 Å². The van der Waals surface area contributed by atoms with E-state index in [0.29, 0.717) is 32.7 Å². The number of amides is 1. The van der Waals surface area contributed by atoms with E-state index in [1.807, 2.05) is 24.3 Å². The van der Waals surface area contributed by atoms with Crippen LogP contribution in [0.15, 0.2) is 35.1 Å². The van der Waals surface area contributed by atoms with Gasteiger partial charge in [0, 0.05) is 32.9 Å². The number of nitrogens with zero attached hydrogens (tertiary/aromatic N) is 2. The van der Waals surface area contributed by atoms with Crippen LogP contribution in [0.1, 0.15) is 31.2 Å². The summed E-state index contributed by atoms with van der Waals surface area (Å²) in [5, 5.41) is 10.3. The number of carboxylic acid groups (broad SMARTS) is 1. The smallest absolute Gasteiger partial charge is 0.409 e. The first-order valence-corrected chi connectivity index (χ1v) is 9.33. The van der Waals surface area contributed by atoms with Crippen molar-refractivity contribution in [3.8, 4) is 0 Å². The summed E-state index contributed by atoms with van der Waals surface area (Å²) in [5.74, 6) is 0. The Kier molecular flexibility index (Phi) is 6.47. The van der Waals surface area contributed by atoms with Crippen molar-refractivity contribution in [2.75, 3.05) is 20.3 Å². The fourth-order valence-electron chi connectivity index (χ4n) is 3.51. The van der Waals surface area contributed by atoms with Gasteiger partial charge in [0.2, 0.25) is 0 Å². The van der Waals surface area contributed by atoms with E-state index in [1.165, 1.54) is 4.90 Å². The molecule has 0 radical (unpaired) electrons.